The van der Waals surface area contributed by atoms with Gasteiger partial charge in [-0.25, -0.2) is 4.52 Å². The van der Waals surface area contributed by atoms with Gasteiger partial charge in [-0.05, 0) is 18.2 Å². The van der Waals surface area contributed by atoms with E-state index in [-0.39, 0.29) is 11.2 Å². The first-order valence-electron chi connectivity index (χ1n) is 4.98. The maximum Gasteiger partial charge on any atom is 0.186 e. The van der Waals surface area contributed by atoms with Crippen LogP contribution in [0, 0.1) is 5.41 Å². The second-order valence-corrected chi connectivity index (χ2v) is 4.66. The molecule has 2 aromatic rings. The number of hydrogen-bond donors (Lipinski definition) is 0. The lowest BCUT2D eigenvalue weighted by Crippen LogP contribution is -2.22. The number of ketones is 1. The number of nitrogens with zero attached hydrogens (tertiary/aromatic N) is 2. The lowest BCUT2D eigenvalue weighted by molar-refractivity contribution is 0.0850. The summed E-state index contributed by atoms with van der Waals surface area (Å²) in [4.78, 5) is 12.1. The van der Waals surface area contributed by atoms with E-state index in [0.717, 1.165) is 5.52 Å². The average molecular weight is 202 g/mol. The molecule has 0 amide bonds. The van der Waals surface area contributed by atoms with E-state index in [1.165, 1.54) is 0 Å². The maximum absolute atomic E-state index is 12.1. The molecule has 0 fully saturated rings. The first-order valence-corrected chi connectivity index (χ1v) is 4.98. The molecule has 78 valence electrons. The van der Waals surface area contributed by atoms with Gasteiger partial charge in [-0.15, -0.1) is 0 Å². The van der Waals surface area contributed by atoms with Crippen LogP contribution in [-0.2, 0) is 0 Å². The summed E-state index contributed by atoms with van der Waals surface area (Å²) in [5, 5.41) is 4.15. The Morgan fingerprint density at radius 2 is 2.00 bits per heavy atom. The number of fused-ring (bicyclic) bond motifs is 1. The Morgan fingerprint density at radius 3 is 2.67 bits per heavy atom. The minimum atomic E-state index is -0.375. The van der Waals surface area contributed by atoms with Gasteiger partial charge in [-0.3, -0.25) is 4.79 Å². The number of carbonyl (C=O) groups excluding carboxylic acids is 1. The highest BCUT2D eigenvalue weighted by Gasteiger charge is 2.24. The zero-order chi connectivity index (χ0) is 11.1. The van der Waals surface area contributed by atoms with Gasteiger partial charge >= 0.3 is 0 Å². The van der Waals surface area contributed by atoms with Gasteiger partial charge in [0.05, 0.1) is 11.7 Å². The van der Waals surface area contributed by atoms with Crippen molar-refractivity contribution in [3.63, 3.8) is 0 Å². The second kappa shape index (κ2) is 3.19. The second-order valence-electron chi connectivity index (χ2n) is 4.66. The van der Waals surface area contributed by atoms with Gasteiger partial charge in [0.15, 0.2) is 5.78 Å². The van der Waals surface area contributed by atoms with Crippen molar-refractivity contribution >= 4 is 11.3 Å². The molecule has 0 aliphatic carbocycles. The molecule has 3 nitrogen and oxygen atoms in total. The molecule has 0 radical (unpaired) electrons. The monoisotopic (exact) mass is 202 g/mol. The molecule has 2 aromatic heterocycles. The minimum Gasteiger partial charge on any atom is -0.292 e. The lowest BCUT2D eigenvalue weighted by Gasteiger charge is -2.16. The van der Waals surface area contributed by atoms with Gasteiger partial charge in [-0.2, -0.15) is 5.10 Å². The fraction of sp³-hybridized carbons (Fsp3) is 0.333. The van der Waals surface area contributed by atoms with E-state index in [1.807, 2.05) is 45.0 Å². The van der Waals surface area contributed by atoms with Crippen molar-refractivity contribution in [2.24, 2.45) is 5.41 Å². The van der Waals surface area contributed by atoms with E-state index in [0.29, 0.717) is 5.69 Å². The summed E-state index contributed by atoms with van der Waals surface area (Å²) in [6.45, 7) is 5.74. The normalized spacial score (nSPS) is 11.9. The van der Waals surface area contributed by atoms with Crippen molar-refractivity contribution in [1.82, 2.24) is 9.61 Å². The van der Waals surface area contributed by atoms with Crippen molar-refractivity contribution < 1.29 is 4.79 Å². The van der Waals surface area contributed by atoms with Crippen molar-refractivity contribution in [2.45, 2.75) is 20.8 Å². The first-order chi connectivity index (χ1) is 7.00. The molecular formula is C12H14N2O. The van der Waals surface area contributed by atoms with E-state index >= 15 is 0 Å². The van der Waals surface area contributed by atoms with Crippen LogP contribution in [0.3, 0.4) is 0 Å². The van der Waals surface area contributed by atoms with Crippen molar-refractivity contribution in [3.8, 4) is 0 Å². The third kappa shape index (κ3) is 1.65. The highest BCUT2D eigenvalue weighted by molar-refractivity contribution is 5.98. The quantitative estimate of drug-likeness (QED) is 0.666. The summed E-state index contributed by atoms with van der Waals surface area (Å²) in [7, 11) is 0. The first kappa shape index (κ1) is 9.90. The third-order valence-corrected chi connectivity index (χ3v) is 2.34. The predicted molar refractivity (Wildman–Crippen MR) is 59.0 cm³/mol. The van der Waals surface area contributed by atoms with Crippen LogP contribution in [0.5, 0.6) is 0 Å². The Morgan fingerprint density at radius 1 is 1.27 bits per heavy atom. The van der Waals surface area contributed by atoms with Crippen LogP contribution < -0.4 is 0 Å². The minimum absolute atomic E-state index is 0.108. The van der Waals surface area contributed by atoms with Crippen molar-refractivity contribution in [3.05, 3.63) is 36.2 Å². The molecule has 0 aromatic carbocycles. The predicted octanol–water partition coefficient (Wildman–Crippen LogP) is 2.56. The van der Waals surface area contributed by atoms with Crippen LogP contribution >= 0.6 is 0 Å². The van der Waals surface area contributed by atoms with E-state index in [9.17, 15) is 4.79 Å². The Hall–Kier alpha value is -1.64. The van der Waals surface area contributed by atoms with E-state index in [4.69, 9.17) is 0 Å². The Labute approximate surface area is 88.7 Å². The molecule has 0 saturated heterocycles. The zero-order valence-corrected chi connectivity index (χ0v) is 9.19. The van der Waals surface area contributed by atoms with Crippen molar-refractivity contribution in [1.29, 1.82) is 0 Å². The zero-order valence-electron chi connectivity index (χ0n) is 9.19. The average Bonchev–Trinajstić information content (AvgIpc) is 2.62. The molecule has 15 heavy (non-hydrogen) atoms. The number of carbonyl (C=O) groups is 1. The summed E-state index contributed by atoms with van der Waals surface area (Å²) in [5.74, 6) is 0.108. The molecule has 0 unspecified atom stereocenters. The van der Waals surface area contributed by atoms with E-state index in [2.05, 4.69) is 5.10 Å². The fourth-order valence-corrected chi connectivity index (χ4v) is 1.51. The van der Waals surface area contributed by atoms with Gasteiger partial charge in [0, 0.05) is 5.41 Å². The molecule has 0 aliphatic heterocycles. The fourth-order valence-electron chi connectivity index (χ4n) is 1.51. The van der Waals surface area contributed by atoms with Gasteiger partial charge in [0.2, 0.25) is 0 Å². The Kier molecular flexibility index (Phi) is 2.11. The standard InChI is InChI=1S/C12H14N2O/c1-12(2,3)11(15)10-6-4-5-9-7-8-13-14(9)10/h4-8H,1-3H3. The van der Waals surface area contributed by atoms with Gasteiger partial charge in [0.1, 0.15) is 5.69 Å². The van der Waals surface area contributed by atoms with Crippen molar-refractivity contribution in [2.75, 3.05) is 0 Å². The van der Waals surface area contributed by atoms with Gasteiger partial charge in [-0.1, -0.05) is 26.8 Å². The van der Waals surface area contributed by atoms with Crippen LogP contribution in [0.15, 0.2) is 30.5 Å². The van der Waals surface area contributed by atoms with Gasteiger partial charge in [0.25, 0.3) is 0 Å². The molecule has 0 aliphatic rings. The Balaban J connectivity index is 2.62. The molecule has 0 N–H and O–H groups in total. The molecular weight excluding hydrogens is 188 g/mol. The number of pyridine rings is 1. The summed E-state index contributed by atoms with van der Waals surface area (Å²) in [5.41, 5.74) is 1.22. The number of aromatic nitrogens is 2. The molecule has 0 saturated carbocycles. The topological polar surface area (TPSA) is 34.4 Å². The highest BCUT2D eigenvalue weighted by atomic mass is 16.1. The summed E-state index contributed by atoms with van der Waals surface area (Å²) in [6, 6.07) is 7.52. The molecule has 2 heterocycles. The molecule has 2 rings (SSSR count). The van der Waals surface area contributed by atoms with Gasteiger partial charge < -0.3 is 0 Å². The van der Waals surface area contributed by atoms with Crippen LogP contribution in [-0.4, -0.2) is 15.4 Å². The van der Waals surface area contributed by atoms with Crippen LogP contribution in [0.25, 0.3) is 5.52 Å². The van der Waals surface area contributed by atoms with Crippen LogP contribution in [0.4, 0.5) is 0 Å². The molecule has 0 atom stereocenters. The molecule has 0 spiro atoms. The highest BCUT2D eigenvalue weighted by Crippen LogP contribution is 2.21. The molecule has 3 heteroatoms. The SMILES string of the molecule is CC(C)(C)C(=O)c1cccc2ccnn12. The van der Waals surface area contributed by atoms with E-state index in [1.54, 1.807) is 10.7 Å². The number of rotatable bonds is 1. The summed E-state index contributed by atoms with van der Waals surface area (Å²) >= 11 is 0. The van der Waals surface area contributed by atoms with E-state index < -0.39 is 0 Å². The molecule has 0 bridgehead atoms. The van der Waals surface area contributed by atoms with Crippen LogP contribution in [0.2, 0.25) is 0 Å². The third-order valence-electron chi connectivity index (χ3n) is 2.34. The summed E-state index contributed by atoms with van der Waals surface area (Å²) in [6.07, 6.45) is 1.70. The number of Topliss-reactive ketones (excluding diaryl/α,β-unsaturated/α-hetero) is 1. The summed E-state index contributed by atoms with van der Waals surface area (Å²) < 4.78 is 1.69. The largest absolute Gasteiger partial charge is 0.292 e. The number of hydrogen-bond acceptors (Lipinski definition) is 2. The smallest absolute Gasteiger partial charge is 0.186 e. The maximum atomic E-state index is 12.1. The van der Waals surface area contributed by atoms with Crippen LogP contribution in [0.1, 0.15) is 31.3 Å². The Bertz CT molecular complexity index is 506. The lowest BCUT2D eigenvalue weighted by atomic mass is 9.89.